The molecule has 0 spiro atoms. The van der Waals surface area contributed by atoms with Crippen molar-refractivity contribution in [1.82, 2.24) is 5.32 Å². The van der Waals surface area contributed by atoms with Gasteiger partial charge in [0, 0.05) is 5.56 Å². The lowest BCUT2D eigenvalue weighted by atomic mass is 10.1. The summed E-state index contributed by atoms with van der Waals surface area (Å²) < 4.78 is 10.7. The number of hydrogen-bond donors (Lipinski definition) is 3. The van der Waals surface area contributed by atoms with Gasteiger partial charge in [0.2, 0.25) is 0 Å². The number of rotatable bonds is 8. The van der Waals surface area contributed by atoms with Crippen LogP contribution in [-0.4, -0.2) is 34.7 Å². The first-order valence-electron chi connectivity index (χ1n) is 8.56. The van der Waals surface area contributed by atoms with Gasteiger partial charge in [-0.25, -0.2) is 4.79 Å². The van der Waals surface area contributed by atoms with Crippen molar-refractivity contribution in [2.75, 3.05) is 6.61 Å². The van der Waals surface area contributed by atoms with Gasteiger partial charge in [0.25, 0.3) is 5.91 Å². The molecule has 3 N–H and O–H groups in total. The van der Waals surface area contributed by atoms with Gasteiger partial charge in [-0.2, -0.15) is 0 Å². The molecule has 1 aromatic heterocycles. The number of carboxylic acid groups (broad SMARTS) is 1. The molecule has 144 valence electrons. The first-order valence-corrected chi connectivity index (χ1v) is 8.56. The topological polar surface area (TPSA) is 109 Å². The SMILES string of the molecule is O=C(N[C@@H](COCc1ccccc1)C(=O)O)c1cc(-c2cccc(O)c2)co1. The van der Waals surface area contributed by atoms with Crippen LogP contribution in [0.5, 0.6) is 5.75 Å². The fourth-order valence-electron chi connectivity index (χ4n) is 2.57. The number of aromatic hydroxyl groups is 1. The third-order valence-corrected chi connectivity index (χ3v) is 4.00. The fraction of sp³-hybridized carbons (Fsp3) is 0.143. The predicted molar refractivity (Wildman–Crippen MR) is 101 cm³/mol. The molecule has 0 aliphatic carbocycles. The van der Waals surface area contributed by atoms with E-state index in [1.54, 1.807) is 12.1 Å². The molecule has 1 heterocycles. The average molecular weight is 381 g/mol. The molecule has 7 nitrogen and oxygen atoms in total. The van der Waals surface area contributed by atoms with Crippen molar-refractivity contribution in [3.63, 3.8) is 0 Å². The molecular weight excluding hydrogens is 362 g/mol. The van der Waals surface area contributed by atoms with Gasteiger partial charge in [-0.1, -0.05) is 42.5 Å². The van der Waals surface area contributed by atoms with Gasteiger partial charge in [-0.05, 0) is 29.3 Å². The summed E-state index contributed by atoms with van der Waals surface area (Å²) in [5.41, 5.74) is 2.16. The van der Waals surface area contributed by atoms with Gasteiger partial charge in [0.05, 0.1) is 19.5 Å². The van der Waals surface area contributed by atoms with Gasteiger partial charge in [0.1, 0.15) is 5.75 Å². The molecule has 1 amide bonds. The molecule has 0 radical (unpaired) electrons. The van der Waals surface area contributed by atoms with E-state index < -0.39 is 17.9 Å². The summed E-state index contributed by atoms with van der Waals surface area (Å²) in [6.45, 7) is 0.0545. The van der Waals surface area contributed by atoms with Crippen LogP contribution < -0.4 is 5.32 Å². The van der Waals surface area contributed by atoms with E-state index in [-0.39, 0.29) is 24.7 Å². The number of phenols is 1. The number of phenolic OH excluding ortho intramolecular Hbond substituents is 1. The standard InChI is InChI=1S/C21H19NO6/c23-17-8-4-7-15(9-17)16-10-19(28-12-16)20(24)22-18(21(25)26)13-27-11-14-5-2-1-3-6-14/h1-10,12,18,23H,11,13H2,(H,22,24)(H,25,26)/t18-/m0/s1. The van der Waals surface area contributed by atoms with Crippen LogP contribution in [0.4, 0.5) is 0 Å². The minimum atomic E-state index is -1.22. The maximum Gasteiger partial charge on any atom is 0.328 e. The van der Waals surface area contributed by atoms with Crippen molar-refractivity contribution in [3.8, 4) is 16.9 Å². The number of nitrogens with one attached hydrogen (secondary N) is 1. The van der Waals surface area contributed by atoms with Gasteiger partial charge in [-0.3, -0.25) is 4.79 Å². The van der Waals surface area contributed by atoms with E-state index in [0.29, 0.717) is 11.1 Å². The van der Waals surface area contributed by atoms with E-state index in [0.717, 1.165) is 5.56 Å². The maximum atomic E-state index is 12.3. The Kier molecular flexibility index (Phi) is 6.08. The van der Waals surface area contributed by atoms with Crippen LogP contribution in [0.1, 0.15) is 16.1 Å². The minimum Gasteiger partial charge on any atom is -0.508 e. The van der Waals surface area contributed by atoms with Crippen LogP contribution in [0.25, 0.3) is 11.1 Å². The van der Waals surface area contributed by atoms with Crippen molar-refractivity contribution in [2.24, 2.45) is 0 Å². The summed E-state index contributed by atoms with van der Waals surface area (Å²) in [6.07, 6.45) is 1.37. The molecule has 0 bridgehead atoms. The lowest BCUT2D eigenvalue weighted by molar-refractivity contribution is -0.141. The molecule has 28 heavy (non-hydrogen) atoms. The second kappa shape index (κ2) is 8.88. The van der Waals surface area contributed by atoms with Crippen LogP contribution in [0.15, 0.2) is 71.3 Å². The highest BCUT2D eigenvalue weighted by Crippen LogP contribution is 2.25. The average Bonchev–Trinajstić information content (AvgIpc) is 3.18. The minimum absolute atomic E-state index is 0.0346. The zero-order valence-electron chi connectivity index (χ0n) is 14.9. The Labute approximate surface area is 161 Å². The Bertz CT molecular complexity index is 950. The summed E-state index contributed by atoms with van der Waals surface area (Å²) in [5.74, 6) is -1.82. The monoisotopic (exact) mass is 381 g/mol. The largest absolute Gasteiger partial charge is 0.508 e. The van der Waals surface area contributed by atoms with Gasteiger partial charge < -0.3 is 24.7 Å². The number of hydrogen-bond acceptors (Lipinski definition) is 5. The molecule has 0 saturated carbocycles. The summed E-state index contributed by atoms with van der Waals surface area (Å²) in [4.78, 5) is 23.8. The molecule has 0 unspecified atom stereocenters. The number of carbonyl (C=O) groups excluding carboxylic acids is 1. The molecule has 3 rings (SSSR count). The van der Waals surface area contributed by atoms with Gasteiger partial charge >= 0.3 is 5.97 Å². The third-order valence-electron chi connectivity index (χ3n) is 4.00. The number of furan rings is 1. The second-order valence-electron chi connectivity index (χ2n) is 6.11. The van der Waals surface area contributed by atoms with Crippen LogP contribution in [-0.2, 0) is 16.1 Å². The molecular formula is C21H19NO6. The molecule has 3 aromatic rings. The van der Waals surface area contributed by atoms with Crippen molar-refractivity contribution in [2.45, 2.75) is 12.6 Å². The fourth-order valence-corrected chi connectivity index (χ4v) is 2.57. The van der Waals surface area contributed by atoms with E-state index >= 15 is 0 Å². The summed E-state index contributed by atoms with van der Waals surface area (Å²) >= 11 is 0. The third kappa shape index (κ3) is 4.99. The lowest BCUT2D eigenvalue weighted by Crippen LogP contribution is -2.43. The smallest absolute Gasteiger partial charge is 0.328 e. The summed E-state index contributed by atoms with van der Waals surface area (Å²) in [5, 5.41) is 21.3. The van der Waals surface area contributed by atoms with Crippen molar-refractivity contribution in [3.05, 3.63) is 78.3 Å². The predicted octanol–water partition coefficient (Wildman–Crippen LogP) is 3.05. The Hall–Kier alpha value is -3.58. The Morgan fingerprint density at radius 3 is 2.54 bits per heavy atom. The molecule has 7 heteroatoms. The Balaban J connectivity index is 1.60. The van der Waals surface area contributed by atoms with E-state index in [4.69, 9.17) is 9.15 Å². The Morgan fingerprint density at radius 1 is 1.04 bits per heavy atom. The van der Waals surface area contributed by atoms with Crippen LogP contribution in [0, 0.1) is 0 Å². The normalized spacial score (nSPS) is 11.7. The molecule has 1 atom stereocenters. The number of ether oxygens (including phenoxy) is 1. The molecule has 0 saturated heterocycles. The first-order chi connectivity index (χ1) is 13.5. The van der Waals surface area contributed by atoms with Crippen LogP contribution in [0.3, 0.4) is 0 Å². The van der Waals surface area contributed by atoms with Crippen LogP contribution >= 0.6 is 0 Å². The second-order valence-corrected chi connectivity index (χ2v) is 6.11. The highest BCUT2D eigenvalue weighted by atomic mass is 16.5. The molecule has 2 aromatic carbocycles. The number of carboxylic acids is 1. The number of aliphatic carboxylic acids is 1. The number of amides is 1. The zero-order chi connectivity index (χ0) is 19.9. The van der Waals surface area contributed by atoms with E-state index in [2.05, 4.69) is 5.32 Å². The first kappa shape index (κ1) is 19.2. The van der Waals surface area contributed by atoms with Gasteiger partial charge in [0.15, 0.2) is 11.8 Å². The van der Waals surface area contributed by atoms with Gasteiger partial charge in [-0.15, -0.1) is 0 Å². The van der Waals surface area contributed by atoms with Crippen molar-refractivity contribution in [1.29, 1.82) is 0 Å². The summed E-state index contributed by atoms with van der Waals surface area (Å²) in [6, 6.07) is 16.1. The molecule has 0 aliphatic heterocycles. The number of carbonyl (C=O) groups is 2. The highest BCUT2D eigenvalue weighted by molar-refractivity contribution is 5.95. The van der Waals surface area contributed by atoms with E-state index in [1.807, 2.05) is 30.3 Å². The summed E-state index contributed by atoms with van der Waals surface area (Å²) in [7, 11) is 0. The quantitative estimate of drug-likeness (QED) is 0.553. The van der Waals surface area contributed by atoms with Crippen molar-refractivity contribution < 1.29 is 29.0 Å². The van der Waals surface area contributed by atoms with E-state index in [9.17, 15) is 19.8 Å². The lowest BCUT2D eigenvalue weighted by Gasteiger charge is -2.14. The maximum absolute atomic E-state index is 12.3. The molecule has 0 aliphatic rings. The van der Waals surface area contributed by atoms with E-state index in [1.165, 1.54) is 24.5 Å². The Morgan fingerprint density at radius 2 is 1.82 bits per heavy atom. The number of benzene rings is 2. The molecule has 0 fully saturated rings. The van der Waals surface area contributed by atoms with Crippen molar-refractivity contribution >= 4 is 11.9 Å². The van der Waals surface area contributed by atoms with Crippen LogP contribution in [0.2, 0.25) is 0 Å². The highest BCUT2D eigenvalue weighted by Gasteiger charge is 2.23. The zero-order valence-corrected chi connectivity index (χ0v) is 14.9.